The van der Waals surface area contributed by atoms with Crippen LogP contribution in [-0.4, -0.2) is 24.1 Å². The fourth-order valence-electron chi connectivity index (χ4n) is 2.47. The molecule has 5 heteroatoms. The fourth-order valence-corrected chi connectivity index (χ4v) is 2.47. The molecule has 3 rings (SSSR count). The summed E-state index contributed by atoms with van der Waals surface area (Å²) in [5.74, 6) is -0.738. The van der Waals surface area contributed by atoms with Gasteiger partial charge < -0.3 is 10.6 Å². The number of nitrogens with zero attached hydrogens (tertiary/aromatic N) is 2. The first-order valence-electron chi connectivity index (χ1n) is 6.96. The van der Waals surface area contributed by atoms with Crippen molar-refractivity contribution in [2.75, 3.05) is 11.4 Å². The summed E-state index contributed by atoms with van der Waals surface area (Å²) >= 11 is 0. The van der Waals surface area contributed by atoms with Crippen LogP contribution >= 0.6 is 0 Å². The molecule has 22 heavy (non-hydrogen) atoms. The van der Waals surface area contributed by atoms with Gasteiger partial charge in [0, 0.05) is 0 Å². The van der Waals surface area contributed by atoms with Gasteiger partial charge in [-0.3, -0.25) is 14.6 Å². The van der Waals surface area contributed by atoms with Crippen LogP contribution in [0.3, 0.4) is 0 Å². The number of nitrogens with two attached hydrogens (primary N) is 1. The highest BCUT2D eigenvalue weighted by molar-refractivity contribution is 6.18. The fraction of sp³-hybridized carbons (Fsp3) is 0.118. The zero-order valence-electron chi connectivity index (χ0n) is 11.9. The summed E-state index contributed by atoms with van der Waals surface area (Å²) in [6, 6.07) is 16.8. The topological polar surface area (TPSA) is 75.8 Å². The number of carbonyl (C=O) groups is 2. The average molecular weight is 293 g/mol. The Bertz CT molecular complexity index is 754. The van der Waals surface area contributed by atoms with E-state index in [1.54, 1.807) is 6.07 Å². The summed E-state index contributed by atoms with van der Waals surface area (Å²) in [5.41, 5.74) is 8.12. The first-order chi connectivity index (χ1) is 10.6. The molecule has 0 aromatic heterocycles. The second-order valence-corrected chi connectivity index (χ2v) is 5.04. The van der Waals surface area contributed by atoms with E-state index in [1.807, 2.05) is 48.5 Å². The van der Waals surface area contributed by atoms with Gasteiger partial charge in [0.1, 0.15) is 6.54 Å². The Labute approximate surface area is 128 Å². The van der Waals surface area contributed by atoms with Gasteiger partial charge in [-0.2, -0.15) is 0 Å². The standard InChI is InChI=1S/C17H15N3O2/c18-16(21)11-20-15-9-5-4-8-13(15)19-14(10-17(20)22)12-6-2-1-3-7-12/h1-9H,10-11H2,(H2,18,21). The van der Waals surface area contributed by atoms with Gasteiger partial charge in [0.15, 0.2) is 0 Å². The molecule has 2 amide bonds. The number of anilines is 1. The number of hydrogen-bond donors (Lipinski definition) is 1. The van der Waals surface area contributed by atoms with E-state index in [0.717, 1.165) is 5.56 Å². The highest BCUT2D eigenvalue weighted by Gasteiger charge is 2.25. The maximum atomic E-state index is 12.5. The molecular formula is C17H15N3O2. The van der Waals surface area contributed by atoms with E-state index in [-0.39, 0.29) is 18.9 Å². The lowest BCUT2D eigenvalue weighted by Gasteiger charge is -2.20. The molecule has 0 atom stereocenters. The second-order valence-electron chi connectivity index (χ2n) is 5.04. The number of carbonyl (C=O) groups excluding carboxylic acids is 2. The molecule has 110 valence electrons. The molecule has 2 aromatic carbocycles. The molecule has 1 aliphatic rings. The number of rotatable bonds is 3. The summed E-state index contributed by atoms with van der Waals surface area (Å²) < 4.78 is 0. The van der Waals surface area contributed by atoms with E-state index in [0.29, 0.717) is 17.1 Å². The third-order valence-electron chi connectivity index (χ3n) is 3.47. The number of para-hydroxylation sites is 2. The van der Waals surface area contributed by atoms with Crippen LogP contribution in [0.2, 0.25) is 0 Å². The van der Waals surface area contributed by atoms with Crippen molar-refractivity contribution in [3.8, 4) is 0 Å². The van der Waals surface area contributed by atoms with E-state index in [9.17, 15) is 9.59 Å². The van der Waals surface area contributed by atoms with Crippen LogP contribution in [0, 0.1) is 0 Å². The van der Waals surface area contributed by atoms with Crippen LogP contribution < -0.4 is 10.6 Å². The van der Waals surface area contributed by atoms with Crippen LogP contribution in [0.5, 0.6) is 0 Å². The van der Waals surface area contributed by atoms with E-state index in [2.05, 4.69) is 4.99 Å². The third-order valence-corrected chi connectivity index (χ3v) is 3.47. The van der Waals surface area contributed by atoms with Gasteiger partial charge in [-0.1, -0.05) is 42.5 Å². The first-order valence-corrected chi connectivity index (χ1v) is 6.96. The molecule has 2 aromatic rings. The number of primary amides is 1. The molecule has 0 spiro atoms. The van der Waals surface area contributed by atoms with Crippen molar-refractivity contribution in [3.05, 3.63) is 60.2 Å². The molecule has 1 heterocycles. The minimum atomic E-state index is -0.550. The molecule has 0 saturated heterocycles. The number of amides is 2. The zero-order valence-corrected chi connectivity index (χ0v) is 11.9. The summed E-state index contributed by atoms with van der Waals surface area (Å²) in [4.78, 5) is 29.8. The zero-order chi connectivity index (χ0) is 15.5. The lowest BCUT2D eigenvalue weighted by atomic mass is 10.1. The highest BCUT2D eigenvalue weighted by atomic mass is 16.2. The molecule has 0 aliphatic carbocycles. The van der Waals surface area contributed by atoms with E-state index >= 15 is 0 Å². The van der Waals surface area contributed by atoms with Crippen LogP contribution in [-0.2, 0) is 9.59 Å². The van der Waals surface area contributed by atoms with E-state index in [1.165, 1.54) is 4.90 Å². The van der Waals surface area contributed by atoms with Gasteiger partial charge in [0.2, 0.25) is 11.8 Å². The highest BCUT2D eigenvalue weighted by Crippen LogP contribution is 2.32. The maximum absolute atomic E-state index is 12.5. The summed E-state index contributed by atoms with van der Waals surface area (Å²) in [6.07, 6.45) is 0.131. The van der Waals surface area contributed by atoms with Crippen molar-refractivity contribution in [1.82, 2.24) is 0 Å². The SMILES string of the molecule is NC(=O)CN1C(=O)CC(c2ccccc2)=Nc2ccccc21. The molecule has 1 aliphatic heterocycles. The lowest BCUT2D eigenvalue weighted by molar-refractivity contribution is -0.121. The Morgan fingerprint density at radius 2 is 1.77 bits per heavy atom. The van der Waals surface area contributed by atoms with Crippen molar-refractivity contribution in [2.24, 2.45) is 10.7 Å². The van der Waals surface area contributed by atoms with Crippen LogP contribution in [0.4, 0.5) is 11.4 Å². The summed E-state index contributed by atoms with van der Waals surface area (Å²) in [7, 11) is 0. The van der Waals surface area contributed by atoms with Crippen molar-refractivity contribution in [2.45, 2.75) is 6.42 Å². The van der Waals surface area contributed by atoms with Gasteiger partial charge in [-0.05, 0) is 17.7 Å². The summed E-state index contributed by atoms with van der Waals surface area (Å²) in [6.45, 7) is -0.145. The predicted molar refractivity (Wildman–Crippen MR) is 85.2 cm³/mol. The molecule has 0 fully saturated rings. The van der Waals surface area contributed by atoms with Crippen LogP contribution in [0.25, 0.3) is 0 Å². The molecule has 0 saturated carbocycles. The molecule has 0 bridgehead atoms. The van der Waals surface area contributed by atoms with Crippen molar-refractivity contribution in [3.63, 3.8) is 0 Å². The largest absolute Gasteiger partial charge is 0.368 e. The third kappa shape index (κ3) is 2.74. The van der Waals surface area contributed by atoms with Gasteiger partial charge in [0.05, 0.1) is 23.5 Å². The first kappa shape index (κ1) is 14.0. The number of hydrogen-bond acceptors (Lipinski definition) is 3. The van der Waals surface area contributed by atoms with Gasteiger partial charge in [-0.15, -0.1) is 0 Å². The molecule has 5 nitrogen and oxygen atoms in total. The van der Waals surface area contributed by atoms with E-state index < -0.39 is 5.91 Å². The Balaban J connectivity index is 2.08. The Hall–Kier alpha value is -2.95. The quantitative estimate of drug-likeness (QED) is 0.940. The van der Waals surface area contributed by atoms with E-state index in [4.69, 9.17) is 5.73 Å². The molecule has 0 radical (unpaired) electrons. The van der Waals surface area contributed by atoms with Crippen LogP contribution in [0.1, 0.15) is 12.0 Å². The molecule has 0 unspecified atom stereocenters. The second kappa shape index (κ2) is 5.81. The predicted octanol–water partition coefficient (Wildman–Crippen LogP) is 2.03. The number of aliphatic imine (C=N–C) groups is 1. The maximum Gasteiger partial charge on any atom is 0.237 e. The number of benzene rings is 2. The van der Waals surface area contributed by atoms with Gasteiger partial charge in [0.25, 0.3) is 0 Å². The average Bonchev–Trinajstić information content (AvgIpc) is 2.66. The Kier molecular flexibility index (Phi) is 3.70. The van der Waals surface area contributed by atoms with Gasteiger partial charge in [-0.25, -0.2) is 0 Å². The Morgan fingerprint density at radius 3 is 2.50 bits per heavy atom. The lowest BCUT2D eigenvalue weighted by Crippen LogP contribution is -2.38. The minimum Gasteiger partial charge on any atom is -0.368 e. The smallest absolute Gasteiger partial charge is 0.237 e. The van der Waals surface area contributed by atoms with Crippen molar-refractivity contribution < 1.29 is 9.59 Å². The van der Waals surface area contributed by atoms with Crippen molar-refractivity contribution in [1.29, 1.82) is 0 Å². The Morgan fingerprint density at radius 1 is 1.09 bits per heavy atom. The molecule has 2 N–H and O–H groups in total. The van der Waals surface area contributed by atoms with Crippen molar-refractivity contribution >= 4 is 28.9 Å². The minimum absolute atomic E-state index is 0.131. The van der Waals surface area contributed by atoms with Crippen LogP contribution in [0.15, 0.2) is 59.6 Å². The normalized spacial score (nSPS) is 14.1. The molecular weight excluding hydrogens is 278 g/mol. The monoisotopic (exact) mass is 293 g/mol. The summed E-state index contributed by atoms with van der Waals surface area (Å²) in [5, 5.41) is 0. The van der Waals surface area contributed by atoms with Gasteiger partial charge >= 0.3 is 0 Å². The number of fused-ring (bicyclic) bond motifs is 1.